The summed E-state index contributed by atoms with van der Waals surface area (Å²) in [4.78, 5) is 23.6. The Bertz CT molecular complexity index is 1470. The summed E-state index contributed by atoms with van der Waals surface area (Å²) < 4.78 is 11.7. The highest BCUT2D eigenvalue weighted by atomic mass is 16.3. The van der Waals surface area contributed by atoms with Crippen LogP contribution in [0.5, 0.6) is 0 Å². The lowest BCUT2D eigenvalue weighted by Gasteiger charge is -2.04. The van der Waals surface area contributed by atoms with Crippen LogP contribution in [-0.4, -0.2) is 0 Å². The van der Waals surface area contributed by atoms with Crippen LogP contribution in [0.25, 0.3) is 45.3 Å². The summed E-state index contributed by atoms with van der Waals surface area (Å²) >= 11 is 0. The summed E-state index contributed by atoms with van der Waals surface area (Å²) in [5.74, 6) is 2.36. The quantitative estimate of drug-likeness (QED) is 0.248. The lowest BCUT2D eigenvalue weighted by Crippen LogP contribution is -1.98. The predicted octanol–water partition coefficient (Wildman–Crippen LogP) is 7.95. The van der Waals surface area contributed by atoms with Crippen molar-refractivity contribution >= 4 is 0 Å². The third-order valence-corrected chi connectivity index (χ3v) is 5.77. The zero-order valence-corrected chi connectivity index (χ0v) is 20.5. The van der Waals surface area contributed by atoms with Gasteiger partial charge in [0.05, 0.1) is 0 Å². The molecular formula is C34H24O4. The second kappa shape index (κ2) is 11.7. The van der Waals surface area contributed by atoms with Crippen LogP contribution in [0.2, 0.25) is 0 Å². The van der Waals surface area contributed by atoms with Crippen LogP contribution in [0.1, 0.15) is 0 Å². The summed E-state index contributed by atoms with van der Waals surface area (Å²) in [5.41, 5.74) is 3.50. The largest absolute Gasteiger partial charge is 0.456 e. The molecule has 0 aliphatic rings. The average molecular weight is 497 g/mol. The molecule has 6 aromatic rings. The minimum absolute atomic E-state index is 0.0519. The Balaban J connectivity index is 0.000000155. The standard InChI is InChI=1S/2C17H12O2/c2*18-15-11-16(13-7-3-1-4-8-13)19-17(12-15)14-9-5-2-6-10-14/h2*1-12H. The van der Waals surface area contributed by atoms with Gasteiger partial charge in [-0.3, -0.25) is 9.59 Å². The van der Waals surface area contributed by atoms with Crippen molar-refractivity contribution in [3.63, 3.8) is 0 Å². The molecule has 2 aromatic heterocycles. The van der Waals surface area contributed by atoms with Crippen LogP contribution in [-0.2, 0) is 0 Å². The van der Waals surface area contributed by atoms with Crippen LogP contribution < -0.4 is 10.9 Å². The highest BCUT2D eigenvalue weighted by Crippen LogP contribution is 2.25. The maximum absolute atomic E-state index is 11.8. The third-order valence-electron chi connectivity index (χ3n) is 5.77. The maximum Gasteiger partial charge on any atom is 0.186 e. The van der Waals surface area contributed by atoms with Crippen molar-refractivity contribution in [2.45, 2.75) is 0 Å². The minimum Gasteiger partial charge on any atom is -0.456 e. The summed E-state index contributed by atoms with van der Waals surface area (Å²) in [6, 6.07) is 44.6. The number of hydrogen-bond acceptors (Lipinski definition) is 4. The Morgan fingerprint density at radius 1 is 0.316 bits per heavy atom. The lowest BCUT2D eigenvalue weighted by atomic mass is 10.1. The Hall–Kier alpha value is -5.22. The van der Waals surface area contributed by atoms with Crippen LogP contribution in [0.4, 0.5) is 0 Å². The Morgan fingerprint density at radius 3 is 0.737 bits per heavy atom. The molecule has 0 unspecified atom stereocenters. The first-order valence-electron chi connectivity index (χ1n) is 12.2. The van der Waals surface area contributed by atoms with Gasteiger partial charge in [-0.2, -0.15) is 0 Å². The van der Waals surface area contributed by atoms with E-state index in [1.807, 2.05) is 121 Å². The number of rotatable bonds is 4. The van der Waals surface area contributed by atoms with Gasteiger partial charge in [-0.1, -0.05) is 121 Å². The molecule has 184 valence electrons. The van der Waals surface area contributed by atoms with Gasteiger partial charge < -0.3 is 8.83 Å². The molecule has 0 aliphatic carbocycles. The molecule has 0 fully saturated rings. The SMILES string of the molecule is O=c1cc(-c2ccccc2)oc(-c2ccccc2)c1.O=c1cc(-c2ccccc2)oc(-c2ccccc2)c1. The van der Waals surface area contributed by atoms with Gasteiger partial charge in [0, 0.05) is 46.5 Å². The number of benzene rings is 4. The third kappa shape index (κ3) is 6.12. The van der Waals surface area contributed by atoms with E-state index in [0.29, 0.717) is 23.0 Å². The molecule has 0 radical (unpaired) electrons. The fourth-order valence-corrected chi connectivity index (χ4v) is 3.93. The normalized spacial score (nSPS) is 10.3. The van der Waals surface area contributed by atoms with Crippen LogP contribution in [0, 0.1) is 0 Å². The molecular weight excluding hydrogens is 472 g/mol. The van der Waals surface area contributed by atoms with Crippen molar-refractivity contribution in [2.24, 2.45) is 0 Å². The highest BCUT2D eigenvalue weighted by Gasteiger charge is 2.07. The molecule has 4 nitrogen and oxygen atoms in total. The zero-order chi connectivity index (χ0) is 26.2. The van der Waals surface area contributed by atoms with Crippen LogP contribution in [0.3, 0.4) is 0 Å². The van der Waals surface area contributed by atoms with Crippen molar-refractivity contribution in [3.8, 4) is 45.3 Å². The van der Waals surface area contributed by atoms with Gasteiger partial charge >= 0.3 is 0 Å². The first kappa shape index (κ1) is 24.5. The second-order valence-corrected chi connectivity index (χ2v) is 8.51. The molecule has 0 saturated heterocycles. The summed E-state index contributed by atoms with van der Waals surface area (Å²) in [7, 11) is 0. The van der Waals surface area contributed by atoms with Crippen molar-refractivity contribution in [2.75, 3.05) is 0 Å². The van der Waals surface area contributed by atoms with E-state index in [1.165, 1.54) is 24.3 Å². The van der Waals surface area contributed by atoms with Gasteiger partial charge in [-0.15, -0.1) is 0 Å². The molecule has 0 aliphatic heterocycles. The Morgan fingerprint density at radius 2 is 0.526 bits per heavy atom. The van der Waals surface area contributed by atoms with E-state index in [1.54, 1.807) is 0 Å². The van der Waals surface area contributed by atoms with Gasteiger partial charge in [0.1, 0.15) is 23.0 Å². The molecule has 2 heterocycles. The number of hydrogen-bond donors (Lipinski definition) is 0. The first-order chi connectivity index (χ1) is 18.7. The van der Waals surface area contributed by atoms with Crippen molar-refractivity contribution in [3.05, 3.63) is 166 Å². The van der Waals surface area contributed by atoms with E-state index in [-0.39, 0.29) is 10.9 Å². The van der Waals surface area contributed by atoms with E-state index in [4.69, 9.17) is 8.83 Å². The van der Waals surface area contributed by atoms with Gasteiger partial charge in [0.15, 0.2) is 10.9 Å². The lowest BCUT2D eigenvalue weighted by molar-refractivity contribution is 0.580. The minimum atomic E-state index is -0.0519. The fourth-order valence-electron chi connectivity index (χ4n) is 3.93. The van der Waals surface area contributed by atoms with Crippen LogP contribution in [0.15, 0.2) is 164 Å². The zero-order valence-electron chi connectivity index (χ0n) is 20.5. The van der Waals surface area contributed by atoms with E-state index in [2.05, 4.69) is 0 Å². The molecule has 0 spiro atoms. The topological polar surface area (TPSA) is 60.4 Å². The highest BCUT2D eigenvalue weighted by molar-refractivity contribution is 5.63. The molecule has 0 amide bonds. The molecule has 0 N–H and O–H groups in total. The van der Waals surface area contributed by atoms with E-state index >= 15 is 0 Å². The van der Waals surface area contributed by atoms with E-state index in [0.717, 1.165) is 22.3 Å². The van der Waals surface area contributed by atoms with Crippen molar-refractivity contribution in [1.82, 2.24) is 0 Å². The average Bonchev–Trinajstić information content (AvgIpc) is 2.99. The first-order valence-corrected chi connectivity index (χ1v) is 12.2. The summed E-state index contributed by atoms with van der Waals surface area (Å²) in [6.45, 7) is 0. The maximum atomic E-state index is 11.8. The predicted molar refractivity (Wildman–Crippen MR) is 152 cm³/mol. The monoisotopic (exact) mass is 496 g/mol. The molecule has 6 rings (SSSR count). The fraction of sp³-hybridized carbons (Fsp3) is 0. The molecule has 4 heteroatoms. The van der Waals surface area contributed by atoms with Gasteiger partial charge in [0.25, 0.3) is 0 Å². The smallest absolute Gasteiger partial charge is 0.186 e. The second-order valence-electron chi connectivity index (χ2n) is 8.51. The molecule has 4 aromatic carbocycles. The summed E-state index contributed by atoms with van der Waals surface area (Å²) in [6.07, 6.45) is 0. The molecule has 0 atom stereocenters. The Kier molecular flexibility index (Phi) is 7.52. The summed E-state index contributed by atoms with van der Waals surface area (Å²) in [5, 5.41) is 0. The molecule has 38 heavy (non-hydrogen) atoms. The van der Waals surface area contributed by atoms with Crippen molar-refractivity contribution in [1.29, 1.82) is 0 Å². The molecule has 0 bridgehead atoms. The Labute approximate surface area is 220 Å². The van der Waals surface area contributed by atoms with Crippen molar-refractivity contribution < 1.29 is 8.83 Å². The van der Waals surface area contributed by atoms with Gasteiger partial charge in [-0.25, -0.2) is 0 Å². The molecule has 0 saturated carbocycles. The van der Waals surface area contributed by atoms with Crippen LogP contribution >= 0.6 is 0 Å². The van der Waals surface area contributed by atoms with Gasteiger partial charge in [0.2, 0.25) is 0 Å². The van der Waals surface area contributed by atoms with E-state index < -0.39 is 0 Å². The van der Waals surface area contributed by atoms with E-state index in [9.17, 15) is 9.59 Å². The van der Waals surface area contributed by atoms with Gasteiger partial charge in [-0.05, 0) is 0 Å².